The van der Waals surface area contributed by atoms with Gasteiger partial charge in [-0.05, 0) is 28.8 Å². The van der Waals surface area contributed by atoms with E-state index in [1.165, 1.54) is 0 Å². The molecule has 0 radical (unpaired) electrons. The summed E-state index contributed by atoms with van der Waals surface area (Å²) < 4.78 is 11.4. The highest BCUT2D eigenvalue weighted by atomic mass is 16.5. The van der Waals surface area contributed by atoms with Crippen LogP contribution in [-0.2, 0) is 13.2 Å². The lowest BCUT2D eigenvalue weighted by molar-refractivity contribution is 0.174. The second-order valence-electron chi connectivity index (χ2n) is 6.32. The summed E-state index contributed by atoms with van der Waals surface area (Å²) in [6, 6.07) is 25.6. The molecule has 0 aliphatic heterocycles. The SMILES string of the molecule is COc1cc(CNC[C@@H](O)c2ccccc2)ccc1OCc1ccccc1. The Bertz CT molecular complexity index is 822. The fraction of sp³-hybridized carbons (Fsp3) is 0.217. The molecule has 0 saturated carbocycles. The highest BCUT2D eigenvalue weighted by Crippen LogP contribution is 2.29. The van der Waals surface area contributed by atoms with Crippen molar-refractivity contribution < 1.29 is 14.6 Å². The average Bonchev–Trinajstić information content (AvgIpc) is 2.74. The van der Waals surface area contributed by atoms with Crippen LogP contribution in [0.3, 0.4) is 0 Å². The van der Waals surface area contributed by atoms with Crippen LogP contribution in [-0.4, -0.2) is 18.8 Å². The third kappa shape index (κ3) is 5.58. The van der Waals surface area contributed by atoms with Crippen LogP contribution >= 0.6 is 0 Å². The minimum atomic E-state index is -0.526. The second-order valence-corrected chi connectivity index (χ2v) is 6.32. The zero-order valence-corrected chi connectivity index (χ0v) is 15.5. The highest BCUT2D eigenvalue weighted by Gasteiger charge is 2.08. The first-order valence-corrected chi connectivity index (χ1v) is 9.03. The molecular formula is C23H25NO3. The van der Waals surface area contributed by atoms with Gasteiger partial charge < -0.3 is 19.9 Å². The predicted molar refractivity (Wildman–Crippen MR) is 107 cm³/mol. The molecule has 3 aromatic rings. The average molecular weight is 363 g/mol. The second kappa shape index (κ2) is 9.76. The Labute approximate surface area is 160 Å². The Hall–Kier alpha value is -2.82. The number of nitrogens with one attached hydrogen (secondary N) is 1. The molecule has 0 aliphatic carbocycles. The van der Waals surface area contributed by atoms with Crippen molar-refractivity contribution >= 4 is 0 Å². The van der Waals surface area contributed by atoms with Gasteiger partial charge in [0.2, 0.25) is 0 Å². The Morgan fingerprint density at radius 2 is 1.56 bits per heavy atom. The first-order valence-electron chi connectivity index (χ1n) is 9.03. The maximum absolute atomic E-state index is 10.2. The fourth-order valence-electron chi connectivity index (χ4n) is 2.82. The van der Waals surface area contributed by atoms with Crippen LogP contribution in [0.5, 0.6) is 11.5 Å². The van der Waals surface area contributed by atoms with E-state index in [9.17, 15) is 5.11 Å². The lowest BCUT2D eigenvalue weighted by Gasteiger charge is -2.14. The van der Waals surface area contributed by atoms with Crippen molar-refractivity contribution in [3.05, 3.63) is 95.6 Å². The van der Waals surface area contributed by atoms with E-state index in [0.29, 0.717) is 25.4 Å². The topological polar surface area (TPSA) is 50.7 Å². The molecule has 0 spiro atoms. The molecule has 0 amide bonds. The van der Waals surface area contributed by atoms with E-state index in [0.717, 1.165) is 22.4 Å². The summed E-state index contributed by atoms with van der Waals surface area (Å²) in [5.41, 5.74) is 3.09. The van der Waals surface area contributed by atoms with Gasteiger partial charge in [-0.25, -0.2) is 0 Å². The van der Waals surface area contributed by atoms with E-state index in [4.69, 9.17) is 9.47 Å². The summed E-state index contributed by atoms with van der Waals surface area (Å²) in [4.78, 5) is 0. The van der Waals surface area contributed by atoms with Crippen molar-refractivity contribution in [3.8, 4) is 11.5 Å². The van der Waals surface area contributed by atoms with E-state index < -0.39 is 6.10 Å². The molecule has 0 heterocycles. The predicted octanol–water partition coefficient (Wildman–Crippen LogP) is 4.10. The Morgan fingerprint density at radius 1 is 0.852 bits per heavy atom. The molecule has 0 aliphatic rings. The molecule has 0 aromatic heterocycles. The molecule has 1 atom stereocenters. The van der Waals surface area contributed by atoms with Gasteiger partial charge in [0.1, 0.15) is 6.61 Å². The maximum atomic E-state index is 10.2. The van der Waals surface area contributed by atoms with Crippen molar-refractivity contribution in [2.24, 2.45) is 0 Å². The lowest BCUT2D eigenvalue weighted by atomic mass is 10.1. The molecule has 2 N–H and O–H groups in total. The van der Waals surface area contributed by atoms with Gasteiger partial charge in [0, 0.05) is 13.1 Å². The monoisotopic (exact) mass is 363 g/mol. The van der Waals surface area contributed by atoms with Gasteiger partial charge in [0.05, 0.1) is 13.2 Å². The number of rotatable bonds is 9. The molecule has 0 bridgehead atoms. The van der Waals surface area contributed by atoms with E-state index in [1.807, 2.05) is 78.9 Å². The van der Waals surface area contributed by atoms with Crippen molar-refractivity contribution in [2.45, 2.75) is 19.3 Å². The van der Waals surface area contributed by atoms with Crippen LogP contribution < -0.4 is 14.8 Å². The zero-order valence-electron chi connectivity index (χ0n) is 15.5. The van der Waals surface area contributed by atoms with Crippen molar-refractivity contribution in [2.75, 3.05) is 13.7 Å². The first kappa shape index (κ1) is 19.0. The molecule has 0 saturated heterocycles. The smallest absolute Gasteiger partial charge is 0.161 e. The number of hydrogen-bond donors (Lipinski definition) is 2. The molecule has 3 rings (SSSR count). The number of benzene rings is 3. The van der Waals surface area contributed by atoms with Gasteiger partial charge in [-0.3, -0.25) is 0 Å². The minimum absolute atomic E-state index is 0.485. The normalized spacial score (nSPS) is 11.8. The van der Waals surface area contributed by atoms with E-state index in [2.05, 4.69) is 5.32 Å². The molecule has 3 aromatic carbocycles. The summed E-state index contributed by atoms with van der Waals surface area (Å²) >= 11 is 0. The van der Waals surface area contributed by atoms with Gasteiger partial charge >= 0.3 is 0 Å². The maximum Gasteiger partial charge on any atom is 0.161 e. The van der Waals surface area contributed by atoms with Crippen LogP contribution in [0, 0.1) is 0 Å². The van der Waals surface area contributed by atoms with Gasteiger partial charge in [-0.2, -0.15) is 0 Å². The standard InChI is InChI=1S/C23H25NO3/c1-26-23-14-19(15-24-16-21(25)20-10-6-3-7-11-20)12-13-22(23)27-17-18-8-4-2-5-9-18/h2-14,21,24-25H,15-17H2,1H3/t21-/m1/s1. The lowest BCUT2D eigenvalue weighted by Crippen LogP contribution is -2.21. The first-order chi connectivity index (χ1) is 13.3. The molecule has 0 fully saturated rings. The number of ether oxygens (including phenoxy) is 2. The summed E-state index contributed by atoms with van der Waals surface area (Å²) in [6.07, 6.45) is -0.526. The molecule has 0 unspecified atom stereocenters. The van der Waals surface area contributed by atoms with Crippen LogP contribution in [0.4, 0.5) is 0 Å². The molecule has 4 heteroatoms. The van der Waals surface area contributed by atoms with Gasteiger partial charge in [-0.1, -0.05) is 66.7 Å². The summed E-state index contributed by atoms with van der Waals surface area (Å²) in [6.45, 7) is 1.62. The van der Waals surface area contributed by atoms with Crippen LogP contribution in [0.15, 0.2) is 78.9 Å². The van der Waals surface area contributed by atoms with E-state index >= 15 is 0 Å². The highest BCUT2D eigenvalue weighted by molar-refractivity contribution is 5.43. The van der Waals surface area contributed by atoms with Crippen molar-refractivity contribution in [1.82, 2.24) is 5.32 Å². The minimum Gasteiger partial charge on any atom is -0.493 e. The molecular weight excluding hydrogens is 338 g/mol. The Morgan fingerprint density at radius 3 is 2.26 bits per heavy atom. The largest absolute Gasteiger partial charge is 0.493 e. The zero-order chi connectivity index (χ0) is 18.9. The Balaban J connectivity index is 1.54. The molecule has 140 valence electrons. The third-order valence-electron chi connectivity index (χ3n) is 4.32. The third-order valence-corrected chi connectivity index (χ3v) is 4.32. The Kier molecular flexibility index (Phi) is 6.85. The number of aliphatic hydroxyl groups is 1. The van der Waals surface area contributed by atoms with Gasteiger partial charge in [-0.15, -0.1) is 0 Å². The van der Waals surface area contributed by atoms with Crippen molar-refractivity contribution in [1.29, 1.82) is 0 Å². The van der Waals surface area contributed by atoms with Crippen LogP contribution in [0.2, 0.25) is 0 Å². The summed E-state index contributed by atoms with van der Waals surface area (Å²) in [5.74, 6) is 1.42. The number of methoxy groups -OCH3 is 1. The van der Waals surface area contributed by atoms with Crippen LogP contribution in [0.1, 0.15) is 22.8 Å². The van der Waals surface area contributed by atoms with E-state index in [-0.39, 0.29) is 0 Å². The van der Waals surface area contributed by atoms with Gasteiger partial charge in [0.25, 0.3) is 0 Å². The summed E-state index contributed by atoms with van der Waals surface area (Å²) in [7, 11) is 1.64. The number of aliphatic hydroxyl groups excluding tert-OH is 1. The molecule has 27 heavy (non-hydrogen) atoms. The van der Waals surface area contributed by atoms with Crippen molar-refractivity contribution in [3.63, 3.8) is 0 Å². The van der Waals surface area contributed by atoms with Gasteiger partial charge in [0.15, 0.2) is 11.5 Å². The number of hydrogen-bond acceptors (Lipinski definition) is 4. The summed E-state index contributed by atoms with van der Waals surface area (Å²) in [5, 5.41) is 13.5. The van der Waals surface area contributed by atoms with E-state index in [1.54, 1.807) is 7.11 Å². The molecule has 4 nitrogen and oxygen atoms in total. The fourth-order valence-corrected chi connectivity index (χ4v) is 2.82. The quantitative estimate of drug-likeness (QED) is 0.601. The van der Waals surface area contributed by atoms with Crippen LogP contribution in [0.25, 0.3) is 0 Å².